The SMILES string of the molecule is Cc1ccc(NC(=O)CS(=O)(=O)c2ccc3ccccc3c2)cc1NC(=O)c1ccccc1. The number of fused-ring (bicyclic) bond motifs is 1. The molecule has 0 aromatic heterocycles. The van der Waals surface area contributed by atoms with Gasteiger partial charge >= 0.3 is 0 Å². The molecule has 6 nitrogen and oxygen atoms in total. The summed E-state index contributed by atoms with van der Waals surface area (Å²) >= 11 is 0. The molecule has 166 valence electrons. The number of nitrogens with one attached hydrogen (secondary N) is 2. The minimum atomic E-state index is -3.83. The Morgan fingerprint density at radius 2 is 1.45 bits per heavy atom. The molecule has 0 aliphatic rings. The summed E-state index contributed by atoms with van der Waals surface area (Å²) in [6.07, 6.45) is 0. The van der Waals surface area contributed by atoms with Crippen LogP contribution in [0.25, 0.3) is 10.8 Å². The first-order valence-corrected chi connectivity index (χ1v) is 12.0. The number of hydrogen-bond donors (Lipinski definition) is 2. The first kappa shape index (κ1) is 22.2. The lowest BCUT2D eigenvalue weighted by atomic mass is 10.1. The Morgan fingerprint density at radius 3 is 2.21 bits per heavy atom. The third kappa shape index (κ3) is 5.27. The Hall–Kier alpha value is -3.97. The normalized spacial score (nSPS) is 11.2. The minimum Gasteiger partial charge on any atom is -0.325 e. The molecule has 0 aliphatic carbocycles. The van der Waals surface area contributed by atoms with Gasteiger partial charge in [-0.15, -0.1) is 0 Å². The van der Waals surface area contributed by atoms with Crippen molar-refractivity contribution in [1.29, 1.82) is 0 Å². The van der Waals surface area contributed by atoms with Crippen LogP contribution in [-0.2, 0) is 14.6 Å². The maximum atomic E-state index is 12.8. The van der Waals surface area contributed by atoms with Crippen LogP contribution in [0.1, 0.15) is 15.9 Å². The van der Waals surface area contributed by atoms with Gasteiger partial charge < -0.3 is 10.6 Å². The van der Waals surface area contributed by atoms with Crippen molar-refractivity contribution >= 4 is 43.8 Å². The second-order valence-electron chi connectivity index (χ2n) is 7.67. The summed E-state index contributed by atoms with van der Waals surface area (Å²) in [6.45, 7) is 1.83. The van der Waals surface area contributed by atoms with E-state index in [4.69, 9.17) is 0 Å². The smallest absolute Gasteiger partial charge is 0.255 e. The molecule has 0 heterocycles. The number of carbonyl (C=O) groups is 2. The fourth-order valence-electron chi connectivity index (χ4n) is 3.43. The minimum absolute atomic E-state index is 0.0936. The van der Waals surface area contributed by atoms with E-state index < -0.39 is 21.5 Å². The lowest BCUT2D eigenvalue weighted by molar-refractivity contribution is -0.113. The number of benzene rings is 4. The van der Waals surface area contributed by atoms with Gasteiger partial charge in [-0.2, -0.15) is 0 Å². The molecule has 0 saturated carbocycles. The number of sulfone groups is 1. The van der Waals surface area contributed by atoms with Gasteiger partial charge in [-0.25, -0.2) is 8.42 Å². The molecular formula is C26H22N2O4S. The zero-order valence-electron chi connectivity index (χ0n) is 17.9. The maximum absolute atomic E-state index is 12.8. The Kier molecular flexibility index (Phi) is 6.24. The highest BCUT2D eigenvalue weighted by Crippen LogP contribution is 2.23. The fourth-order valence-corrected chi connectivity index (χ4v) is 4.60. The van der Waals surface area contributed by atoms with Gasteiger partial charge in [0.05, 0.1) is 4.90 Å². The van der Waals surface area contributed by atoms with Crippen molar-refractivity contribution in [3.05, 3.63) is 102 Å². The summed E-state index contributed by atoms with van der Waals surface area (Å²) in [5.74, 6) is -1.63. The van der Waals surface area contributed by atoms with Gasteiger partial charge in [0.1, 0.15) is 5.75 Å². The van der Waals surface area contributed by atoms with E-state index in [-0.39, 0.29) is 10.8 Å². The molecule has 2 N–H and O–H groups in total. The van der Waals surface area contributed by atoms with Gasteiger partial charge in [-0.1, -0.05) is 54.6 Å². The average Bonchev–Trinajstić information content (AvgIpc) is 2.81. The van der Waals surface area contributed by atoms with Crippen molar-refractivity contribution in [2.75, 3.05) is 16.4 Å². The molecule has 7 heteroatoms. The first-order chi connectivity index (χ1) is 15.8. The zero-order chi connectivity index (χ0) is 23.4. The summed E-state index contributed by atoms with van der Waals surface area (Å²) in [7, 11) is -3.83. The van der Waals surface area contributed by atoms with Crippen LogP contribution in [0.15, 0.2) is 95.9 Å². The molecule has 0 spiro atoms. The first-order valence-electron chi connectivity index (χ1n) is 10.3. The third-order valence-corrected chi connectivity index (χ3v) is 6.82. The Balaban J connectivity index is 1.47. The van der Waals surface area contributed by atoms with E-state index in [0.29, 0.717) is 16.9 Å². The van der Waals surface area contributed by atoms with Gasteiger partial charge in [0.15, 0.2) is 9.84 Å². The molecule has 4 rings (SSSR count). The molecule has 33 heavy (non-hydrogen) atoms. The van der Waals surface area contributed by atoms with Crippen molar-refractivity contribution in [3.63, 3.8) is 0 Å². The van der Waals surface area contributed by atoms with Crippen LogP contribution in [0.5, 0.6) is 0 Å². The molecule has 0 unspecified atom stereocenters. The monoisotopic (exact) mass is 458 g/mol. The van der Waals surface area contributed by atoms with Crippen LogP contribution in [-0.4, -0.2) is 26.0 Å². The largest absolute Gasteiger partial charge is 0.325 e. The van der Waals surface area contributed by atoms with E-state index in [9.17, 15) is 18.0 Å². The van der Waals surface area contributed by atoms with Crippen LogP contribution < -0.4 is 10.6 Å². The van der Waals surface area contributed by atoms with Crippen LogP contribution >= 0.6 is 0 Å². The third-order valence-electron chi connectivity index (χ3n) is 5.21. The molecule has 0 aliphatic heterocycles. The van der Waals surface area contributed by atoms with Gasteiger partial charge in [0.25, 0.3) is 5.91 Å². The number of hydrogen-bond acceptors (Lipinski definition) is 4. The highest BCUT2D eigenvalue weighted by atomic mass is 32.2. The topological polar surface area (TPSA) is 92.3 Å². The van der Waals surface area contributed by atoms with E-state index in [1.54, 1.807) is 54.6 Å². The van der Waals surface area contributed by atoms with Gasteiger partial charge in [-0.3, -0.25) is 9.59 Å². The molecule has 0 atom stereocenters. The van der Waals surface area contributed by atoms with E-state index in [0.717, 1.165) is 16.3 Å². The Bertz CT molecular complexity index is 1450. The number of rotatable bonds is 6. The van der Waals surface area contributed by atoms with E-state index >= 15 is 0 Å². The highest BCUT2D eigenvalue weighted by molar-refractivity contribution is 7.92. The van der Waals surface area contributed by atoms with Crippen molar-refractivity contribution in [2.45, 2.75) is 11.8 Å². The molecule has 0 bridgehead atoms. The van der Waals surface area contributed by atoms with Crippen LogP contribution in [0, 0.1) is 6.92 Å². The Morgan fingerprint density at radius 1 is 0.758 bits per heavy atom. The number of amides is 2. The average molecular weight is 459 g/mol. The maximum Gasteiger partial charge on any atom is 0.255 e. The van der Waals surface area contributed by atoms with Gasteiger partial charge in [0, 0.05) is 16.9 Å². The molecule has 4 aromatic carbocycles. The Labute approximate surface area is 192 Å². The van der Waals surface area contributed by atoms with Gasteiger partial charge in [0.2, 0.25) is 5.91 Å². The van der Waals surface area contributed by atoms with Crippen molar-refractivity contribution < 1.29 is 18.0 Å². The summed E-state index contributed by atoms with van der Waals surface area (Å²) in [4.78, 5) is 25.1. The molecular weight excluding hydrogens is 436 g/mol. The molecule has 4 aromatic rings. The summed E-state index contributed by atoms with van der Waals surface area (Å²) in [6, 6.07) is 26.0. The number of carbonyl (C=O) groups excluding carboxylic acids is 2. The summed E-state index contributed by atoms with van der Waals surface area (Å²) < 4.78 is 25.6. The van der Waals surface area contributed by atoms with E-state index in [1.807, 2.05) is 37.3 Å². The lowest BCUT2D eigenvalue weighted by Gasteiger charge is -2.12. The molecule has 2 amide bonds. The van der Waals surface area contributed by atoms with Crippen LogP contribution in [0.3, 0.4) is 0 Å². The van der Waals surface area contributed by atoms with Crippen LogP contribution in [0.4, 0.5) is 11.4 Å². The predicted octanol–water partition coefficient (Wildman–Crippen LogP) is 4.81. The zero-order valence-corrected chi connectivity index (χ0v) is 18.7. The fraction of sp³-hybridized carbons (Fsp3) is 0.0769. The lowest BCUT2D eigenvalue weighted by Crippen LogP contribution is -2.23. The van der Waals surface area contributed by atoms with Crippen molar-refractivity contribution in [2.24, 2.45) is 0 Å². The number of anilines is 2. The van der Waals surface area contributed by atoms with Gasteiger partial charge in [-0.05, 0) is 59.7 Å². The van der Waals surface area contributed by atoms with E-state index in [2.05, 4.69) is 10.6 Å². The van der Waals surface area contributed by atoms with Crippen molar-refractivity contribution in [1.82, 2.24) is 0 Å². The molecule has 0 saturated heterocycles. The standard InChI is InChI=1S/C26H22N2O4S/c1-18-11-13-22(16-24(18)28-26(30)20-8-3-2-4-9-20)27-25(29)17-33(31,32)23-14-12-19-7-5-6-10-21(19)15-23/h2-16H,17H2,1H3,(H,27,29)(H,28,30). The summed E-state index contributed by atoms with van der Waals surface area (Å²) in [5, 5.41) is 7.15. The van der Waals surface area contributed by atoms with E-state index in [1.165, 1.54) is 6.07 Å². The molecule has 0 fully saturated rings. The second kappa shape index (κ2) is 9.26. The number of aryl methyl sites for hydroxylation is 1. The highest BCUT2D eigenvalue weighted by Gasteiger charge is 2.20. The van der Waals surface area contributed by atoms with Crippen molar-refractivity contribution in [3.8, 4) is 0 Å². The molecule has 0 radical (unpaired) electrons. The quantitative estimate of drug-likeness (QED) is 0.434. The summed E-state index contributed by atoms with van der Waals surface area (Å²) in [5.41, 5.74) is 2.23. The second-order valence-corrected chi connectivity index (χ2v) is 9.66. The van der Waals surface area contributed by atoms with Crippen LogP contribution in [0.2, 0.25) is 0 Å². The predicted molar refractivity (Wildman–Crippen MR) is 130 cm³/mol.